The molecule has 1 aromatic carbocycles. The molecule has 0 saturated carbocycles. The summed E-state index contributed by atoms with van der Waals surface area (Å²) in [5, 5.41) is 17.9. The minimum Gasteiger partial charge on any atom is -0.493 e. The maximum atomic E-state index is 8.95. The quantitative estimate of drug-likeness (QED) is 0.685. The number of hydrogen-bond acceptors (Lipinski definition) is 5. The summed E-state index contributed by atoms with van der Waals surface area (Å²) in [7, 11) is 3.23. The lowest BCUT2D eigenvalue weighted by Crippen LogP contribution is -2.31. The van der Waals surface area contributed by atoms with Gasteiger partial charge in [-0.05, 0) is 24.1 Å². The summed E-state index contributed by atoms with van der Waals surface area (Å²) >= 11 is 0. The number of rotatable bonds is 9. The van der Waals surface area contributed by atoms with Gasteiger partial charge in [0.1, 0.15) is 0 Å². The fourth-order valence-corrected chi connectivity index (χ4v) is 1.94. The number of hydrogen-bond donors (Lipinski definition) is 2. The Morgan fingerprint density at radius 1 is 0.947 bits per heavy atom. The van der Waals surface area contributed by atoms with Gasteiger partial charge < -0.3 is 19.7 Å². The van der Waals surface area contributed by atoms with E-state index in [1.807, 2.05) is 23.1 Å². The van der Waals surface area contributed by atoms with E-state index in [0.29, 0.717) is 18.8 Å². The van der Waals surface area contributed by atoms with Gasteiger partial charge in [0.05, 0.1) is 27.4 Å². The van der Waals surface area contributed by atoms with E-state index < -0.39 is 0 Å². The molecule has 0 fully saturated rings. The molecule has 0 amide bonds. The Kier molecular flexibility index (Phi) is 7.25. The molecule has 1 rings (SSSR count). The Bertz CT molecular complexity index is 364. The molecule has 0 aromatic heterocycles. The molecule has 2 N–H and O–H groups in total. The topological polar surface area (TPSA) is 62.2 Å². The molecule has 108 valence electrons. The van der Waals surface area contributed by atoms with E-state index in [0.717, 1.165) is 24.3 Å². The Labute approximate surface area is 114 Å². The minimum absolute atomic E-state index is 0.103. The van der Waals surface area contributed by atoms with Gasteiger partial charge in [-0.1, -0.05) is 6.07 Å². The summed E-state index contributed by atoms with van der Waals surface area (Å²) in [5.74, 6) is 1.43. The van der Waals surface area contributed by atoms with E-state index in [4.69, 9.17) is 19.7 Å². The number of benzene rings is 1. The summed E-state index contributed by atoms with van der Waals surface area (Å²) in [5.41, 5.74) is 1.14. The summed E-state index contributed by atoms with van der Waals surface area (Å²) in [6.07, 6.45) is 0.834. The van der Waals surface area contributed by atoms with Crippen LogP contribution in [0.2, 0.25) is 0 Å². The van der Waals surface area contributed by atoms with Gasteiger partial charge >= 0.3 is 0 Å². The number of aliphatic hydroxyl groups is 2. The van der Waals surface area contributed by atoms with E-state index >= 15 is 0 Å². The lowest BCUT2D eigenvalue weighted by atomic mass is 10.1. The lowest BCUT2D eigenvalue weighted by molar-refractivity contribution is 0.162. The average molecular weight is 269 g/mol. The average Bonchev–Trinajstić information content (AvgIpc) is 2.44. The molecule has 1 aromatic rings. The first-order valence-electron chi connectivity index (χ1n) is 6.40. The number of nitrogens with zero attached hydrogens (tertiary/aromatic N) is 1. The third kappa shape index (κ3) is 5.06. The van der Waals surface area contributed by atoms with Crippen molar-refractivity contribution in [3.8, 4) is 11.5 Å². The smallest absolute Gasteiger partial charge is 0.160 e. The predicted molar refractivity (Wildman–Crippen MR) is 73.9 cm³/mol. The Morgan fingerprint density at radius 3 is 2.11 bits per heavy atom. The van der Waals surface area contributed by atoms with E-state index in [2.05, 4.69) is 0 Å². The van der Waals surface area contributed by atoms with Crippen LogP contribution in [0, 0.1) is 0 Å². The van der Waals surface area contributed by atoms with Crippen LogP contribution >= 0.6 is 0 Å². The summed E-state index contributed by atoms with van der Waals surface area (Å²) in [4.78, 5) is 2.02. The number of ether oxygens (including phenoxy) is 2. The van der Waals surface area contributed by atoms with Crippen molar-refractivity contribution in [1.82, 2.24) is 4.90 Å². The molecule has 0 heterocycles. The first-order chi connectivity index (χ1) is 9.24. The van der Waals surface area contributed by atoms with Crippen molar-refractivity contribution in [2.45, 2.75) is 6.42 Å². The van der Waals surface area contributed by atoms with Gasteiger partial charge in [-0.3, -0.25) is 4.90 Å². The molecule has 19 heavy (non-hydrogen) atoms. The van der Waals surface area contributed by atoms with Gasteiger partial charge in [0, 0.05) is 19.6 Å². The zero-order chi connectivity index (χ0) is 14.1. The van der Waals surface area contributed by atoms with Crippen molar-refractivity contribution < 1.29 is 19.7 Å². The Balaban J connectivity index is 2.60. The molecule has 0 aliphatic heterocycles. The molecule has 0 aliphatic carbocycles. The fourth-order valence-electron chi connectivity index (χ4n) is 1.94. The predicted octanol–water partition coefficient (Wildman–Crippen LogP) is 0.533. The van der Waals surface area contributed by atoms with Crippen molar-refractivity contribution >= 4 is 0 Å². The molecule has 0 unspecified atom stereocenters. The fraction of sp³-hybridized carbons (Fsp3) is 0.571. The van der Waals surface area contributed by atoms with Crippen molar-refractivity contribution in [3.05, 3.63) is 23.8 Å². The zero-order valence-corrected chi connectivity index (χ0v) is 11.6. The van der Waals surface area contributed by atoms with Gasteiger partial charge in [0.25, 0.3) is 0 Å². The number of methoxy groups -OCH3 is 2. The van der Waals surface area contributed by atoms with Crippen molar-refractivity contribution in [2.75, 3.05) is 47.1 Å². The SMILES string of the molecule is COc1ccc(CCN(CCO)CCO)cc1OC. The van der Waals surface area contributed by atoms with Gasteiger partial charge in [0.2, 0.25) is 0 Å². The summed E-state index contributed by atoms with van der Waals surface area (Å²) < 4.78 is 10.5. The standard InChI is InChI=1S/C14H23NO4/c1-18-13-4-3-12(11-14(13)19-2)5-6-15(7-9-16)8-10-17/h3-4,11,16-17H,5-10H2,1-2H3. The van der Waals surface area contributed by atoms with Gasteiger partial charge in [-0.25, -0.2) is 0 Å². The second-order valence-electron chi connectivity index (χ2n) is 4.23. The highest BCUT2D eigenvalue weighted by molar-refractivity contribution is 5.42. The summed E-state index contributed by atoms with van der Waals surface area (Å²) in [6, 6.07) is 5.84. The third-order valence-electron chi connectivity index (χ3n) is 3.00. The molecule has 0 radical (unpaired) electrons. The van der Waals surface area contributed by atoms with E-state index in [1.165, 1.54) is 0 Å². The summed E-state index contributed by atoms with van der Waals surface area (Å²) in [6.45, 7) is 2.15. The lowest BCUT2D eigenvalue weighted by Gasteiger charge is -2.20. The first kappa shape index (κ1) is 15.8. The minimum atomic E-state index is 0.103. The van der Waals surface area contributed by atoms with Crippen LogP contribution in [0.15, 0.2) is 18.2 Å². The van der Waals surface area contributed by atoms with Crippen LogP contribution in [0.3, 0.4) is 0 Å². The van der Waals surface area contributed by atoms with E-state index in [-0.39, 0.29) is 13.2 Å². The zero-order valence-electron chi connectivity index (χ0n) is 11.6. The molecule has 0 atom stereocenters. The molecule has 0 spiro atoms. The second-order valence-corrected chi connectivity index (χ2v) is 4.23. The van der Waals surface area contributed by atoms with E-state index in [9.17, 15) is 0 Å². The van der Waals surface area contributed by atoms with Crippen LogP contribution in [0.4, 0.5) is 0 Å². The van der Waals surface area contributed by atoms with Crippen molar-refractivity contribution in [1.29, 1.82) is 0 Å². The molecule has 0 aliphatic rings. The first-order valence-corrected chi connectivity index (χ1v) is 6.40. The Morgan fingerprint density at radius 2 is 1.58 bits per heavy atom. The highest BCUT2D eigenvalue weighted by Crippen LogP contribution is 2.27. The molecule has 0 saturated heterocycles. The number of aliphatic hydroxyl groups excluding tert-OH is 2. The maximum absolute atomic E-state index is 8.95. The third-order valence-corrected chi connectivity index (χ3v) is 3.00. The van der Waals surface area contributed by atoms with Crippen LogP contribution in [-0.2, 0) is 6.42 Å². The molecule has 5 heteroatoms. The van der Waals surface area contributed by atoms with Crippen LogP contribution in [0.1, 0.15) is 5.56 Å². The van der Waals surface area contributed by atoms with Gasteiger partial charge in [-0.2, -0.15) is 0 Å². The largest absolute Gasteiger partial charge is 0.493 e. The second kappa shape index (κ2) is 8.74. The molecular formula is C14H23NO4. The molecule has 5 nitrogen and oxygen atoms in total. The molecular weight excluding hydrogens is 246 g/mol. The Hall–Kier alpha value is -1.30. The van der Waals surface area contributed by atoms with Crippen LogP contribution < -0.4 is 9.47 Å². The highest BCUT2D eigenvalue weighted by atomic mass is 16.5. The van der Waals surface area contributed by atoms with Crippen molar-refractivity contribution in [2.24, 2.45) is 0 Å². The van der Waals surface area contributed by atoms with Crippen LogP contribution in [0.25, 0.3) is 0 Å². The van der Waals surface area contributed by atoms with Gasteiger partial charge in [0.15, 0.2) is 11.5 Å². The monoisotopic (exact) mass is 269 g/mol. The van der Waals surface area contributed by atoms with Crippen LogP contribution in [-0.4, -0.2) is 62.2 Å². The molecule has 0 bridgehead atoms. The van der Waals surface area contributed by atoms with E-state index in [1.54, 1.807) is 14.2 Å². The normalized spacial score (nSPS) is 10.8. The maximum Gasteiger partial charge on any atom is 0.160 e. The van der Waals surface area contributed by atoms with Gasteiger partial charge in [-0.15, -0.1) is 0 Å². The highest BCUT2D eigenvalue weighted by Gasteiger charge is 2.07. The van der Waals surface area contributed by atoms with Crippen LogP contribution in [0.5, 0.6) is 11.5 Å². The van der Waals surface area contributed by atoms with Crippen molar-refractivity contribution in [3.63, 3.8) is 0 Å².